The van der Waals surface area contributed by atoms with E-state index in [-0.39, 0.29) is 11.3 Å². The van der Waals surface area contributed by atoms with Gasteiger partial charge in [-0.2, -0.15) is 0 Å². The van der Waals surface area contributed by atoms with E-state index in [4.69, 9.17) is 10.1 Å². The zero-order chi connectivity index (χ0) is 9.84. The van der Waals surface area contributed by atoms with Crippen molar-refractivity contribution >= 4 is 11.7 Å². The average molecular weight is 178 g/mol. The average Bonchev–Trinajstić information content (AvgIpc) is 2.16. The molecule has 0 fully saturated rings. The van der Waals surface area contributed by atoms with Crippen LogP contribution in [0.15, 0.2) is 18.2 Å². The van der Waals surface area contributed by atoms with Gasteiger partial charge in [0.1, 0.15) is 0 Å². The van der Waals surface area contributed by atoms with Gasteiger partial charge in [-0.05, 0) is 12.1 Å². The molecular weight excluding hydrogens is 172 g/mol. The lowest BCUT2D eigenvalue weighted by atomic mass is 10.2. The van der Waals surface area contributed by atoms with Crippen LogP contribution in [0.25, 0.3) is 4.98 Å². The summed E-state index contributed by atoms with van der Waals surface area (Å²) in [6.07, 6.45) is 0. The molecule has 66 valence electrons. The summed E-state index contributed by atoms with van der Waals surface area (Å²) in [5, 5.41) is 18.9. The molecule has 13 heavy (non-hydrogen) atoms. The highest BCUT2D eigenvalue weighted by atomic mass is 16.5. The highest BCUT2D eigenvalue weighted by Crippen LogP contribution is 2.27. The zero-order valence-corrected chi connectivity index (χ0v) is 6.85. The van der Waals surface area contributed by atoms with Crippen LogP contribution in [0, 0.1) is 5.39 Å². The molecule has 0 bridgehead atoms. The van der Waals surface area contributed by atoms with Crippen molar-refractivity contribution in [3.8, 4) is 5.75 Å². The molecule has 0 saturated heterocycles. The van der Waals surface area contributed by atoms with E-state index in [0.717, 1.165) is 6.07 Å². The number of diazo groups is 1. The minimum absolute atomic E-state index is 0.0594. The Morgan fingerprint density at radius 2 is 2.31 bits per heavy atom. The van der Waals surface area contributed by atoms with Gasteiger partial charge in [0.05, 0.1) is 13.1 Å². The maximum atomic E-state index is 10.4. The van der Waals surface area contributed by atoms with E-state index >= 15 is 0 Å². The Morgan fingerprint density at radius 1 is 1.62 bits per heavy atom. The standard InChI is InChI=1S/C8H6N2O3/c1-13-7-3-2-5(8(11)12)4-6(7)10-9/h2-4H,1H3. The first-order valence-corrected chi connectivity index (χ1v) is 3.43. The number of benzene rings is 1. The van der Waals surface area contributed by atoms with Crippen molar-refractivity contribution in [1.29, 1.82) is 5.39 Å². The summed E-state index contributed by atoms with van der Waals surface area (Å²) in [5.74, 6) is -1.03. The van der Waals surface area contributed by atoms with E-state index in [9.17, 15) is 9.90 Å². The third kappa shape index (κ3) is 1.73. The summed E-state index contributed by atoms with van der Waals surface area (Å²) in [7, 11) is 1.39. The van der Waals surface area contributed by atoms with E-state index in [1.54, 1.807) is 0 Å². The number of nitrogens with zero attached hydrogens (tertiary/aromatic N) is 2. The van der Waals surface area contributed by atoms with Gasteiger partial charge in [-0.15, -0.1) is 0 Å². The predicted octanol–water partition coefficient (Wildman–Crippen LogP) is 0.543. The molecule has 0 amide bonds. The molecule has 0 spiro atoms. The van der Waals surface area contributed by atoms with Gasteiger partial charge in [0.2, 0.25) is 11.1 Å². The fourth-order valence-corrected chi connectivity index (χ4v) is 0.895. The summed E-state index contributed by atoms with van der Waals surface area (Å²) < 4.78 is 4.80. The number of ether oxygens (including phenoxy) is 1. The molecule has 0 heterocycles. The molecule has 0 saturated carbocycles. The van der Waals surface area contributed by atoms with Crippen molar-refractivity contribution in [2.24, 2.45) is 0 Å². The second-order valence-corrected chi connectivity index (χ2v) is 2.27. The summed E-state index contributed by atoms with van der Waals surface area (Å²) in [6, 6.07) is 3.86. The number of methoxy groups -OCH3 is 1. The molecule has 0 unspecified atom stereocenters. The lowest BCUT2D eigenvalue weighted by Gasteiger charge is -2.00. The number of hydrogen-bond acceptors (Lipinski definition) is 4. The first-order chi connectivity index (χ1) is 6.19. The minimum Gasteiger partial charge on any atom is -0.545 e. The van der Waals surface area contributed by atoms with E-state index < -0.39 is 5.97 Å². The van der Waals surface area contributed by atoms with Gasteiger partial charge in [0.15, 0.2) is 4.98 Å². The van der Waals surface area contributed by atoms with Crippen LogP contribution in [0.2, 0.25) is 0 Å². The van der Waals surface area contributed by atoms with Gasteiger partial charge >= 0.3 is 5.69 Å². The second kappa shape index (κ2) is 3.54. The Labute approximate surface area is 74.2 Å². The van der Waals surface area contributed by atoms with E-state index in [2.05, 4.69) is 4.98 Å². The molecule has 5 nitrogen and oxygen atoms in total. The first kappa shape index (κ1) is 9.00. The van der Waals surface area contributed by atoms with E-state index in [0.29, 0.717) is 5.75 Å². The Balaban J connectivity index is 3.23. The van der Waals surface area contributed by atoms with Gasteiger partial charge in [-0.3, -0.25) is 0 Å². The minimum atomic E-state index is -1.33. The molecule has 0 aliphatic heterocycles. The van der Waals surface area contributed by atoms with Crippen LogP contribution in [0.4, 0.5) is 5.69 Å². The van der Waals surface area contributed by atoms with Crippen molar-refractivity contribution in [3.63, 3.8) is 0 Å². The fraction of sp³-hybridized carbons (Fsp3) is 0.125. The van der Waals surface area contributed by atoms with Crippen LogP contribution in [-0.2, 0) is 0 Å². The molecule has 1 aromatic carbocycles. The fourth-order valence-electron chi connectivity index (χ4n) is 0.895. The summed E-state index contributed by atoms with van der Waals surface area (Å²) in [6.45, 7) is 0. The summed E-state index contributed by atoms with van der Waals surface area (Å²) in [4.78, 5) is 13.3. The van der Waals surface area contributed by atoms with Gasteiger partial charge in [-0.1, -0.05) is 0 Å². The van der Waals surface area contributed by atoms with Crippen molar-refractivity contribution in [1.82, 2.24) is 0 Å². The van der Waals surface area contributed by atoms with E-state index in [1.807, 2.05) is 0 Å². The van der Waals surface area contributed by atoms with E-state index in [1.165, 1.54) is 19.2 Å². The number of rotatable bonds is 2. The van der Waals surface area contributed by atoms with Crippen LogP contribution in [0.5, 0.6) is 5.75 Å². The lowest BCUT2D eigenvalue weighted by molar-refractivity contribution is -0.255. The Bertz CT molecular complexity index is 381. The number of carbonyl (C=O) groups is 1. The van der Waals surface area contributed by atoms with Crippen molar-refractivity contribution in [2.75, 3.05) is 7.11 Å². The molecule has 0 N–H and O–H groups in total. The SMILES string of the molecule is COc1ccc(C(=O)[O-])cc1[N+]#N. The summed E-state index contributed by atoms with van der Waals surface area (Å²) >= 11 is 0. The normalized spacial score (nSPS) is 8.92. The molecule has 0 aromatic heterocycles. The predicted molar refractivity (Wildman–Crippen MR) is 42.1 cm³/mol. The van der Waals surface area contributed by atoms with Crippen molar-refractivity contribution in [3.05, 3.63) is 28.7 Å². The molecular formula is C8H6N2O3. The quantitative estimate of drug-likeness (QED) is 0.619. The van der Waals surface area contributed by atoms with Crippen molar-refractivity contribution < 1.29 is 14.6 Å². The molecule has 0 aliphatic rings. The summed E-state index contributed by atoms with van der Waals surface area (Å²) in [5.41, 5.74) is -0.00204. The van der Waals surface area contributed by atoms with Crippen LogP contribution in [0.1, 0.15) is 10.4 Å². The molecule has 0 atom stereocenters. The number of aromatic carboxylic acids is 1. The number of carboxylic acids is 1. The van der Waals surface area contributed by atoms with Gasteiger partial charge in [0, 0.05) is 11.6 Å². The Hall–Kier alpha value is -2.09. The maximum absolute atomic E-state index is 10.4. The molecule has 1 rings (SSSR count). The van der Waals surface area contributed by atoms with Crippen LogP contribution in [-0.4, -0.2) is 13.1 Å². The highest BCUT2D eigenvalue weighted by molar-refractivity contribution is 5.88. The highest BCUT2D eigenvalue weighted by Gasteiger charge is 2.14. The molecule has 5 heteroatoms. The number of hydrogen-bond donors (Lipinski definition) is 0. The van der Waals surface area contributed by atoms with Gasteiger partial charge in [-0.25, -0.2) is 0 Å². The monoisotopic (exact) mass is 178 g/mol. The first-order valence-electron chi connectivity index (χ1n) is 3.43. The smallest absolute Gasteiger partial charge is 0.426 e. The van der Waals surface area contributed by atoms with Gasteiger partial charge in [0.25, 0.3) is 0 Å². The van der Waals surface area contributed by atoms with Crippen LogP contribution < -0.4 is 9.84 Å². The van der Waals surface area contributed by atoms with Crippen molar-refractivity contribution in [2.45, 2.75) is 0 Å². The third-order valence-corrected chi connectivity index (χ3v) is 1.52. The molecule has 1 aromatic rings. The van der Waals surface area contributed by atoms with Crippen LogP contribution in [0.3, 0.4) is 0 Å². The number of carbonyl (C=O) groups excluding carboxylic acids is 1. The van der Waals surface area contributed by atoms with Crippen LogP contribution >= 0.6 is 0 Å². The van der Waals surface area contributed by atoms with Gasteiger partial charge < -0.3 is 14.6 Å². The molecule has 0 aliphatic carbocycles. The maximum Gasteiger partial charge on any atom is 0.426 e. The lowest BCUT2D eigenvalue weighted by Crippen LogP contribution is -2.21. The Kier molecular flexibility index (Phi) is 2.45. The topological polar surface area (TPSA) is 77.5 Å². The Morgan fingerprint density at radius 3 is 2.77 bits per heavy atom. The largest absolute Gasteiger partial charge is 0.545 e. The third-order valence-electron chi connectivity index (χ3n) is 1.52. The molecule has 0 radical (unpaired) electrons. The number of carboxylic acid groups (broad SMARTS) is 1. The zero-order valence-electron chi connectivity index (χ0n) is 6.85. The second-order valence-electron chi connectivity index (χ2n) is 2.27.